The second-order valence-corrected chi connectivity index (χ2v) is 7.73. The van der Waals surface area contributed by atoms with Gasteiger partial charge in [0.25, 0.3) is 5.91 Å². The Bertz CT molecular complexity index is 924. The van der Waals surface area contributed by atoms with E-state index in [9.17, 15) is 4.79 Å². The van der Waals surface area contributed by atoms with Gasteiger partial charge in [-0.1, -0.05) is 52.9 Å². The van der Waals surface area contributed by atoms with Crippen LogP contribution in [0, 0.1) is 13.8 Å². The Morgan fingerprint density at radius 2 is 2.15 bits per heavy atom. The van der Waals surface area contributed by atoms with Crippen LogP contribution >= 0.6 is 23.1 Å². The van der Waals surface area contributed by atoms with E-state index in [1.807, 2.05) is 44.2 Å². The van der Waals surface area contributed by atoms with E-state index in [-0.39, 0.29) is 11.7 Å². The van der Waals surface area contributed by atoms with Crippen LogP contribution in [0.5, 0.6) is 0 Å². The van der Waals surface area contributed by atoms with Gasteiger partial charge < -0.3 is 0 Å². The quantitative estimate of drug-likeness (QED) is 0.401. The molecule has 1 N–H and O–H groups in total. The lowest BCUT2D eigenvalue weighted by Crippen LogP contribution is -2.19. The number of aromatic nitrogens is 3. The number of hydrogen-bond acceptors (Lipinski definition) is 7. The van der Waals surface area contributed by atoms with E-state index in [2.05, 4.69) is 31.8 Å². The van der Waals surface area contributed by atoms with Crippen LogP contribution in [0.4, 0.5) is 0 Å². The average molecular weight is 384 g/mol. The maximum absolute atomic E-state index is 11.9. The Balaban J connectivity index is 1.50. The second kappa shape index (κ2) is 8.68. The number of rotatable bonds is 6. The monoisotopic (exact) mass is 383 g/mol. The van der Waals surface area contributed by atoms with Crippen molar-refractivity contribution in [2.75, 3.05) is 5.75 Å². The van der Waals surface area contributed by atoms with Crippen molar-refractivity contribution >= 4 is 35.2 Å². The first-order valence-electron chi connectivity index (χ1n) is 7.88. The summed E-state index contributed by atoms with van der Waals surface area (Å²) >= 11 is 2.74. The molecule has 2 aromatic heterocycles. The normalized spacial score (nSPS) is 11.0. The molecule has 0 saturated heterocycles. The first-order valence-corrected chi connectivity index (χ1v) is 9.69. The van der Waals surface area contributed by atoms with Crippen LogP contribution in [0.1, 0.15) is 16.7 Å². The number of nitrogens with one attached hydrogen (secondary N) is 1. The predicted molar refractivity (Wildman–Crippen MR) is 106 cm³/mol. The standard InChI is InChI=1S/C18H17N5OS2/c1-12-6-7-14(13(2)9-12)10-20-21-16(24)11-25-18-23-22-17(26-18)15-5-3-4-8-19-15/h3-10H,11H2,1-2H3,(H,21,24)/b20-10-. The number of hydrazone groups is 1. The summed E-state index contributed by atoms with van der Waals surface area (Å²) in [5.74, 6) is 0.0340. The molecule has 3 aromatic rings. The first kappa shape index (κ1) is 18.2. The smallest absolute Gasteiger partial charge is 0.250 e. The molecule has 0 bridgehead atoms. The molecule has 0 fully saturated rings. The lowest BCUT2D eigenvalue weighted by Gasteiger charge is -2.01. The third-order valence-corrected chi connectivity index (χ3v) is 5.51. The van der Waals surface area contributed by atoms with Crippen molar-refractivity contribution in [3.63, 3.8) is 0 Å². The Morgan fingerprint density at radius 1 is 1.27 bits per heavy atom. The molecular weight excluding hydrogens is 366 g/mol. The van der Waals surface area contributed by atoms with Crippen LogP contribution in [0.2, 0.25) is 0 Å². The van der Waals surface area contributed by atoms with Crippen LogP contribution in [-0.4, -0.2) is 33.1 Å². The van der Waals surface area contributed by atoms with Gasteiger partial charge in [-0.05, 0) is 37.1 Å². The maximum Gasteiger partial charge on any atom is 0.250 e. The topological polar surface area (TPSA) is 80.1 Å². The zero-order valence-electron chi connectivity index (χ0n) is 14.3. The summed E-state index contributed by atoms with van der Waals surface area (Å²) in [6.07, 6.45) is 3.37. The van der Waals surface area contributed by atoms with Crippen LogP contribution in [0.3, 0.4) is 0 Å². The lowest BCUT2D eigenvalue weighted by molar-refractivity contribution is -0.118. The van der Waals surface area contributed by atoms with Crippen molar-refractivity contribution in [3.05, 3.63) is 59.3 Å². The van der Waals surface area contributed by atoms with E-state index in [4.69, 9.17) is 0 Å². The number of nitrogens with zero attached hydrogens (tertiary/aromatic N) is 4. The minimum Gasteiger partial charge on any atom is -0.272 e. The second-order valence-electron chi connectivity index (χ2n) is 5.53. The van der Waals surface area contributed by atoms with Crippen LogP contribution in [-0.2, 0) is 4.79 Å². The zero-order valence-corrected chi connectivity index (χ0v) is 16.0. The third-order valence-electron chi connectivity index (χ3n) is 3.44. The number of thioether (sulfide) groups is 1. The highest BCUT2D eigenvalue weighted by Gasteiger charge is 2.09. The summed E-state index contributed by atoms with van der Waals surface area (Å²) in [5, 5.41) is 12.9. The first-order chi connectivity index (χ1) is 12.6. The molecule has 0 aliphatic rings. The van der Waals surface area contributed by atoms with Gasteiger partial charge >= 0.3 is 0 Å². The van der Waals surface area contributed by atoms with Crippen LogP contribution in [0.15, 0.2) is 52.0 Å². The van der Waals surface area contributed by atoms with Crippen LogP contribution < -0.4 is 5.43 Å². The molecule has 1 aromatic carbocycles. The SMILES string of the molecule is Cc1ccc(/C=N\NC(=O)CSc2nnc(-c3ccccn3)s2)c(C)c1. The molecule has 8 heteroatoms. The Hall–Kier alpha value is -2.58. The molecule has 3 rings (SSSR count). The lowest BCUT2D eigenvalue weighted by atomic mass is 10.1. The molecule has 1 amide bonds. The van der Waals surface area contributed by atoms with Gasteiger partial charge in [0.15, 0.2) is 9.35 Å². The molecule has 6 nitrogen and oxygen atoms in total. The van der Waals surface area contributed by atoms with Crippen molar-refractivity contribution in [3.8, 4) is 10.7 Å². The Labute approximate surface area is 159 Å². The number of hydrogen-bond donors (Lipinski definition) is 1. The van der Waals surface area contributed by atoms with E-state index < -0.39 is 0 Å². The molecule has 132 valence electrons. The molecule has 0 unspecified atom stereocenters. The minimum atomic E-state index is -0.189. The highest BCUT2D eigenvalue weighted by Crippen LogP contribution is 2.27. The van der Waals surface area contributed by atoms with Gasteiger partial charge in [0.05, 0.1) is 12.0 Å². The summed E-state index contributed by atoms with van der Waals surface area (Å²) in [5.41, 5.74) is 6.61. The van der Waals surface area contributed by atoms with Gasteiger partial charge in [-0.2, -0.15) is 5.10 Å². The molecule has 0 radical (unpaired) electrons. The Morgan fingerprint density at radius 3 is 2.92 bits per heavy atom. The summed E-state index contributed by atoms with van der Waals surface area (Å²) in [6.45, 7) is 4.06. The van der Waals surface area contributed by atoms with Crippen molar-refractivity contribution < 1.29 is 4.79 Å². The number of benzene rings is 1. The average Bonchev–Trinajstić information content (AvgIpc) is 3.12. The molecule has 2 heterocycles. The van der Waals surface area contributed by atoms with Crippen molar-refractivity contribution in [1.82, 2.24) is 20.6 Å². The van der Waals surface area contributed by atoms with Crippen molar-refractivity contribution in [2.45, 2.75) is 18.2 Å². The van der Waals surface area contributed by atoms with Crippen molar-refractivity contribution in [1.29, 1.82) is 0 Å². The molecular formula is C18H17N5OS2. The fourth-order valence-electron chi connectivity index (χ4n) is 2.16. The molecule has 0 spiro atoms. The molecule has 0 aliphatic carbocycles. The summed E-state index contributed by atoms with van der Waals surface area (Å²) in [7, 11) is 0. The zero-order chi connectivity index (χ0) is 18.4. The predicted octanol–water partition coefficient (Wildman–Crippen LogP) is 3.46. The minimum absolute atomic E-state index is 0.189. The van der Waals surface area contributed by atoms with E-state index in [1.54, 1.807) is 12.4 Å². The van der Waals surface area contributed by atoms with E-state index in [0.29, 0.717) is 0 Å². The molecule has 0 aliphatic heterocycles. The van der Waals surface area contributed by atoms with E-state index in [0.717, 1.165) is 26.2 Å². The largest absolute Gasteiger partial charge is 0.272 e. The summed E-state index contributed by atoms with van der Waals surface area (Å²) in [4.78, 5) is 16.2. The van der Waals surface area contributed by atoms with E-state index >= 15 is 0 Å². The van der Waals surface area contributed by atoms with Gasteiger partial charge in [0.2, 0.25) is 0 Å². The van der Waals surface area contributed by atoms with Gasteiger partial charge in [-0.25, -0.2) is 5.43 Å². The van der Waals surface area contributed by atoms with Gasteiger partial charge in [0.1, 0.15) is 5.69 Å². The summed E-state index contributed by atoms with van der Waals surface area (Å²) in [6, 6.07) is 11.7. The highest BCUT2D eigenvalue weighted by molar-refractivity contribution is 8.01. The maximum atomic E-state index is 11.9. The van der Waals surface area contributed by atoms with Gasteiger partial charge in [-0.15, -0.1) is 10.2 Å². The van der Waals surface area contributed by atoms with Gasteiger partial charge in [-0.3, -0.25) is 9.78 Å². The molecule has 0 saturated carbocycles. The third kappa shape index (κ3) is 4.96. The Kier molecular flexibility index (Phi) is 6.08. The fourth-order valence-corrected chi connectivity index (χ4v) is 3.79. The van der Waals surface area contributed by atoms with Crippen LogP contribution in [0.25, 0.3) is 10.7 Å². The van der Waals surface area contributed by atoms with Gasteiger partial charge in [0, 0.05) is 6.20 Å². The van der Waals surface area contributed by atoms with Crippen molar-refractivity contribution in [2.24, 2.45) is 5.10 Å². The number of amides is 1. The number of aryl methyl sites for hydroxylation is 2. The highest BCUT2D eigenvalue weighted by atomic mass is 32.2. The number of pyridine rings is 1. The molecule has 26 heavy (non-hydrogen) atoms. The number of carbonyl (C=O) groups is 1. The van der Waals surface area contributed by atoms with E-state index in [1.165, 1.54) is 28.7 Å². The number of carbonyl (C=O) groups excluding carboxylic acids is 1. The summed E-state index contributed by atoms with van der Waals surface area (Å²) < 4.78 is 0.721. The fraction of sp³-hybridized carbons (Fsp3) is 0.167. The molecule has 0 atom stereocenters.